The number of benzene rings is 1. The minimum atomic E-state index is -0.184. The van der Waals surface area contributed by atoms with Crippen LogP contribution in [0.4, 0.5) is 5.69 Å². The van der Waals surface area contributed by atoms with Gasteiger partial charge in [0.2, 0.25) is 0 Å². The van der Waals surface area contributed by atoms with Crippen LogP contribution in [0.25, 0.3) is 5.57 Å². The van der Waals surface area contributed by atoms with Crippen LogP contribution in [0.5, 0.6) is 0 Å². The molecular formula is C27H39N3O. The Kier molecular flexibility index (Phi) is 10.3. The number of nitrogens with one attached hydrogen (secondary N) is 1. The maximum Gasteiger partial charge on any atom is 0.173 e. The highest BCUT2D eigenvalue weighted by atomic mass is 16.1. The summed E-state index contributed by atoms with van der Waals surface area (Å²) in [4.78, 5) is 15.8. The van der Waals surface area contributed by atoms with Crippen molar-refractivity contribution < 1.29 is 4.79 Å². The molecule has 0 aliphatic rings. The second-order valence-electron chi connectivity index (χ2n) is 8.40. The van der Waals surface area contributed by atoms with E-state index in [1.165, 1.54) is 34.8 Å². The van der Waals surface area contributed by atoms with Crippen molar-refractivity contribution in [3.05, 3.63) is 58.2 Å². The summed E-state index contributed by atoms with van der Waals surface area (Å²) in [7, 11) is 1.73. The van der Waals surface area contributed by atoms with Gasteiger partial charge in [0.25, 0.3) is 0 Å². The topological polar surface area (TPSA) is 79.3 Å². The average molecular weight is 422 g/mol. The van der Waals surface area contributed by atoms with E-state index in [2.05, 4.69) is 58.7 Å². The zero-order valence-corrected chi connectivity index (χ0v) is 20.5. The van der Waals surface area contributed by atoms with Gasteiger partial charge in [-0.15, -0.1) is 0 Å². The first-order valence-corrected chi connectivity index (χ1v) is 10.9. The maximum atomic E-state index is 11.6. The van der Waals surface area contributed by atoms with Crippen molar-refractivity contribution in [2.24, 2.45) is 16.8 Å². The molecule has 0 fully saturated rings. The maximum absolute atomic E-state index is 11.6. The Morgan fingerprint density at radius 3 is 2.32 bits per heavy atom. The molecule has 168 valence electrons. The number of anilines is 1. The molecule has 2 unspecified atom stereocenters. The highest BCUT2D eigenvalue weighted by molar-refractivity contribution is 6.37. The zero-order valence-electron chi connectivity index (χ0n) is 20.5. The van der Waals surface area contributed by atoms with Crippen LogP contribution >= 0.6 is 0 Å². The number of carbonyl (C=O) groups excluding carboxylic acids is 1. The summed E-state index contributed by atoms with van der Waals surface area (Å²) in [5, 5.41) is 7.99. The van der Waals surface area contributed by atoms with E-state index >= 15 is 0 Å². The first-order valence-electron chi connectivity index (χ1n) is 10.9. The van der Waals surface area contributed by atoms with Crippen molar-refractivity contribution in [3.8, 4) is 0 Å². The van der Waals surface area contributed by atoms with Gasteiger partial charge in [-0.05, 0) is 63.3 Å². The molecule has 0 aromatic heterocycles. The molecule has 31 heavy (non-hydrogen) atoms. The van der Waals surface area contributed by atoms with E-state index in [1.807, 2.05) is 24.4 Å². The number of Topliss-reactive ketones (excluding diaryl/α,β-unsaturated/α-hetero) is 1. The van der Waals surface area contributed by atoms with E-state index in [1.54, 1.807) is 7.05 Å². The minimum absolute atomic E-state index is 0.0436. The molecule has 3 N–H and O–H groups in total. The van der Waals surface area contributed by atoms with Gasteiger partial charge >= 0.3 is 0 Å². The number of aliphatic imine (C=N–C) groups is 1. The van der Waals surface area contributed by atoms with E-state index in [4.69, 9.17) is 11.1 Å². The molecule has 0 aliphatic heterocycles. The van der Waals surface area contributed by atoms with Gasteiger partial charge < -0.3 is 16.1 Å². The Hall–Kier alpha value is -2.75. The van der Waals surface area contributed by atoms with Crippen LogP contribution < -0.4 is 5.73 Å². The Balaban J connectivity index is 3.36. The van der Waals surface area contributed by atoms with E-state index < -0.39 is 0 Å². The number of nitrogen functional groups attached to an aromatic ring is 1. The summed E-state index contributed by atoms with van der Waals surface area (Å²) in [6, 6.07) is 8.03. The van der Waals surface area contributed by atoms with Crippen LogP contribution in [-0.4, -0.2) is 24.8 Å². The number of ketones is 1. The summed E-state index contributed by atoms with van der Waals surface area (Å²) < 4.78 is 0. The molecule has 1 aromatic rings. The molecule has 0 saturated carbocycles. The first kappa shape index (κ1) is 26.3. The van der Waals surface area contributed by atoms with Crippen molar-refractivity contribution in [1.82, 2.24) is 0 Å². The highest BCUT2D eigenvalue weighted by Crippen LogP contribution is 2.31. The molecule has 0 aliphatic carbocycles. The van der Waals surface area contributed by atoms with Crippen molar-refractivity contribution in [3.63, 3.8) is 0 Å². The fourth-order valence-electron chi connectivity index (χ4n) is 3.54. The third-order valence-electron chi connectivity index (χ3n) is 6.25. The molecule has 2 atom stereocenters. The summed E-state index contributed by atoms with van der Waals surface area (Å²) in [5.41, 5.74) is 14.3. The van der Waals surface area contributed by atoms with E-state index in [9.17, 15) is 4.79 Å². The van der Waals surface area contributed by atoms with Crippen molar-refractivity contribution in [2.45, 2.75) is 61.3 Å². The van der Waals surface area contributed by atoms with Gasteiger partial charge in [-0.2, -0.15) is 0 Å². The summed E-state index contributed by atoms with van der Waals surface area (Å²) in [6.45, 7) is 14.4. The number of hydrogen-bond donors (Lipinski definition) is 2. The zero-order chi connectivity index (χ0) is 23.7. The molecule has 4 heteroatoms. The fourth-order valence-corrected chi connectivity index (χ4v) is 3.54. The quantitative estimate of drug-likeness (QED) is 0.191. The standard InChI is InChI=1S/C27H39N3O/c1-9-17(2)26(23-11-10-12-25(28)14-23)13-18(3)19(4)20(5)21(6)24(16-30-8)15-27(29)22(7)31/h10-14,16,19,24,29H,9,15,28H2,1-8H3/b18-13?,21-20+,26-17?,29-27?,30-16?. The summed E-state index contributed by atoms with van der Waals surface area (Å²) >= 11 is 0. The Morgan fingerprint density at radius 2 is 1.81 bits per heavy atom. The predicted molar refractivity (Wildman–Crippen MR) is 136 cm³/mol. The summed E-state index contributed by atoms with van der Waals surface area (Å²) in [5.74, 6) is -0.00557. The largest absolute Gasteiger partial charge is 0.399 e. The van der Waals surface area contributed by atoms with Crippen molar-refractivity contribution >= 4 is 29.0 Å². The van der Waals surface area contributed by atoms with E-state index in [0.29, 0.717) is 6.42 Å². The number of nitrogens with zero attached hydrogens (tertiary/aromatic N) is 1. The molecule has 0 radical (unpaired) electrons. The Bertz CT molecular complexity index is 932. The molecule has 0 saturated heterocycles. The smallest absolute Gasteiger partial charge is 0.173 e. The van der Waals surface area contributed by atoms with Crippen LogP contribution in [0.1, 0.15) is 66.9 Å². The monoisotopic (exact) mass is 421 g/mol. The van der Waals surface area contributed by atoms with E-state index in [0.717, 1.165) is 17.7 Å². The number of allylic oxidation sites excluding steroid dienone is 6. The van der Waals surface area contributed by atoms with Crippen LogP contribution in [0.2, 0.25) is 0 Å². The fraction of sp³-hybridized carbons (Fsp3) is 0.444. The Morgan fingerprint density at radius 1 is 1.16 bits per heavy atom. The molecule has 4 nitrogen and oxygen atoms in total. The molecule has 0 amide bonds. The van der Waals surface area contributed by atoms with Gasteiger partial charge in [0.05, 0.1) is 5.71 Å². The summed E-state index contributed by atoms with van der Waals surface area (Å²) in [6.07, 6.45) is 5.48. The van der Waals surface area contributed by atoms with Crippen molar-refractivity contribution in [2.75, 3.05) is 12.8 Å². The molecular weight excluding hydrogens is 382 g/mol. The second kappa shape index (κ2) is 12.2. The molecule has 1 aromatic carbocycles. The van der Waals surface area contributed by atoms with Gasteiger partial charge in [-0.1, -0.05) is 54.3 Å². The van der Waals surface area contributed by atoms with Gasteiger partial charge in [0.1, 0.15) is 0 Å². The van der Waals surface area contributed by atoms with Gasteiger partial charge in [0, 0.05) is 38.2 Å². The normalized spacial score (nSPS) is 15.9. The lowest BCUT2D eigenvalue weighted by atomic mass is 9.83. The van der Waals surface area contributed by atoms with Gasteiger partial charge in [-0.3, -0.25) is 4.79 Å². The molecule has 0 bridgehead atoms. The number of carbonyl (C=O) groups is 1. The Labute approximate surface area is 188 Å². The SMILES string of the molecule is CCC(C)=C(C=C(C)C(C)/C(C)=C(\C)C(C=NC)CC(=N)C(C)=O)c1cccc(N)c1. The van der Waals surface area contributed by atoms with E-state index in [-0.39, 0.29) is 23.3 Å². The van der Waals surface area contributed by atoms with Gasteiger partial charge in [0.15, 0.2) is 5.78 Å². The lowest BCUT2D eigenvalue weighted by Crippen LogP contribution is -2.18. The number of hydrogen-bond acceptors (Lipinski definition) is 4. The van der Waals surface area contributed by atoms with Crippen LogP contribution in [0.3, 0.4) is 0 Å². The third kappa shape index (κ3) is 7.46. The predicted octanol–water partition coefficient (Wildman–Crippen LogP) is 6.69. The van der Waals surface area contributed by atoms with Gasteiger partial charge in [-0.25, -0.2) is 0 Å². The van der Waals surface area contributed by atoms with Crippen LogP contribution in [0.15, 0.2) is 57.6 Å². The lowest BCUT2D eigenvalue weighted by Gasteiger charge is -2.22. The number of rotatable bonds is 10. The minimum Gasteiger partial charge on any atom is -0.399 e. The molecule has 0 spiro atoms. The first-order chi connectivity index (χ1) is 14.5. The molecule has 1 rings (SSSR count). The second-order valence-corrected chi connectivity index (χ2v) is 8.40. The highest BCUT2D eigenvalue weighted by Gasteiger charge is 2.19. The average Bonchev–Trinajstić information content (AvgIpc) is 2.74. The van der Waals surface area contributed by atoms with Crippen LogP contribution in [-0.2, 0) is 4.79 Å². The molecule has 0 heterocycles. The lowest BCUT2D eigenvalue weighted by molar-refractivity contribution is -0.111. The third-order valence-corrected chi connectivity index (χ3v) is 6.25. The number of nitrogens with two attached hydrogens (primary N) is 1. The van der Waals surface area contributed by atoms with Crippen LogP contribution in [0, 0.1) is 17.2 Å². The van der Waals surface area contributed by atoms with Crippen molar-refractivity contribution in [1.29, 1.82) is 5.41 Å².